The van der Waals surface area contributed by atoms with Gasteiger partial charge in [0.2, 0.25) is 0 Å². The molecule has 1 fully saturated rings. The lowest BCUT2D eigenvalue weighted by molar-refractivity contribution is -0.0785. The standard InChI is InChI=1S/C15H17NO5S/c1-8-2-3-11(12(16-8)9-4-5-20-6-9)21-15-14(19)13(18)10(17)7-22-15/h2-6,10,13-15,17-19H,7H2,1H3/t10-,13+,14-,15-/m1/s1. The van der Waals surface area contributed by atoms with Gasteiger partial charge >= 0.3 is 0 Å². The lowest BCUT2D eigenvalue weighted by Crippen LogP contribution is -2.50. The van der Waals surface area contributed by atoms with Crippen LogP contribution < -0.4 is 4.74 Å². The molecule has 1 aliphatic rings. The first-order chi connectivity index (χ1) is 10.6. The number of furan rings is 1. The summed E-state index contributed by atoms with van der Waals surface area (Å²) in [5.41, 5.74) is 1.54. The van der Waals surface area contributed by atoms with E-state index in [0.29, 0.717) is 17.2 Å². The van der Waals surface area contributed by atoms with Crippen molar-refractivity contribution in [1.82, 2.24) is 4.98 Å². The van der Waals surface area contributed by atoms with E-state index in [9.17, 15) is 15.3 Å². The maximum absolute atomic E-state index is 10.1. The van der Waals surface area contributed by atoms with Gasteiger partial charge in [-0.25, -0.2) is 4.98 Å². The first-order valence-electron chi connectivity index (χ1n) is 6.89. The third kappa shape index (κ3) is 2.98. The van der Waals surface area contributed by atoms with E-state index in [4.69, 9.17) is 9.15 Å². The molecular formula is C15H17NO5S. The van der Waals surface area contributed by atoms with Crippen LogP contribution in [-0.4, -0.2) is 49.8 Å². The number of rotatable bonds is 3. The first kappa shape index (κ1) is 15.4. The summed E-state index contributed by atoms with van der Waals surface area (Å²) in [7, 11) is 0. The van der Waals surface area contributed by atoms with Gasteiger partial charge in [0.25, 0.3) is 0 Å². The summed E-state index contributed by atoms with van der Waals surface area (Å²) in [6, 6.07) is 5.36. The van der Waals surface area contributed by atoms with Crippen LogP contribution in [0.1, 0.15) is 5.69 Å². The van der Waals surface area contributed by atoms with Crippen molar-refractivity contribution in [3.05, 3.63) is 36.4 Å². The van der Waals surface area contributed by atoms with Gasteiger partial charge in [0, 0.05) is 17.0 Å². The zero-order valence-electron chi connectivity index (χ0n) is 11.9. The highest BCUT2D eigenvalue weighted by Gasteiger charge is 2.38. The fourth-order valence-corrected chi connectivity index (χ4v) is 3.37. The van der Waals surface area contributed by atoms with Crippen molar-refractivity contribution in [3.8, 4) is 17.0 Å². The summed E-state index contributed by atoms with van der Waals surface area (Å²) in [5, 5.41) is 29.4. The molecule has 7 heteroatoms. The highest BCUT2D eigenvalue weighted by Crippen LogP contribution is 2.34. The number of aryl methyl sites for hydroxylation is 1. The Kier molecular flexibility index (Phi) is 4.39. The number of thioether (sulfide) groups is 1. The van der Waals surface area contributed by atoms with Crippen LogP contribution in [-0.2, 0) is 0 Å². The van der Waals surface area contributed by atoms with Crippen LogP contribution in [0.2, 0.25) is 0 Å². The summed E-state index contributed by atoms with van der Waals surface area (Å²) in [6.45, 7) is 1.87. The van der Waals surface area contributed by atoms with E-state index in [1.54, 1.807) is 24.7 Å². The van der Waals surface area contributed by atoms with Crippen molar-refractivity contribution < 1.29 is 24.5 Å². The lowest BCUT2D eigenvalue weighted by atomic mass is 10.1. The van der Waals surface area contributed by atoms with Crippen molar-refractivity contribution in [2.24, 2.45) is 0 Å². The summed E-state index contributed by atoms with van der Waals surface area (Å²) in [4.78, 5) is 4.45. The second kappa shape index (κ2) is 6.29. The largest absolute Gasteiger partial charge is 0.475 e. The van der Waals surface area contributed by atoms with Gasteiger partial charge in [0.15, 0.2) is 5.44 Å². The molecule has 0 saturated carbocycles. The molecule has 0 aromatic carbocycles. The van der Waals surface area contributed by atoms with Gasteiger partial charge in [0.1, 0.15) is 23.7 Å². The molecule has 0 amide bonds. The molecule has 2 aromatic rings. The number of aliphatic hydroxyl groups excluding tert-OH is 3. The quantitative estimate of drug-likeness (QED) is 0.780. The molecule has 22 heavy (non-hydrogen) atoms. The molecular weight excluding hydrogens is 306 g/mol. The maximum atomic E-state index is 10.1. The minimum Gasteiger partial charge on any atom is -0.475 e. The number of hydrogen-bond acceptors (Lipinski definition) is 7. The Morgan fingerprint density at radius 2 is 2.05 bits per heavy atom. The highest BCUT2D eigenvalue weighted by atomic mass is 32.2. The normalized spacial score (nSPS) is 28.5. The molecule has 6 nitrogen and oxygen atoms in total. The zero-order valence-corrected chi connectivity index (χ0v) is 12.7. The van der Waals surface area contributed by atoms with E-state index >= 15 is 0 Å². The van der Waals surface area contributed by atoms with Crippen LogP contribution in [0.25, 0.3) is 11.3 Å². The molecule has 0 spiro atoms. The SMILES string of the molecule is Cc1ccc(O[C@@H]2SC[C@@H](O)[C@H](O)[C@H]2O)c(-c2ccoc2)n1. The monoisotopic (exact) mass is 323 g/mol. The molecule has 3 heterocycles. The minimum atomic E-state index is -1.22. The van der Waals surface area contributed by atoms with Crippen molar-refractivity contribution in [2.45, 2.75) is 30.7 Å². The van der Waals surface area contributed by atoms with Gasteiger partial charge in [-0.15, -0.1) is 11.8 Å². The first-order valence-corrected chi connectivity index (χ1v) is 7.94. The average molecular weight is 323 g/mol. The lowest BCUT2D eigenvalue weighted by Gasteiger charge is -2.34. The highest BCUT2D eigenvalue weighted by molar-refractivity contribution is 7.99. The topological polar surface area (TPSA) is 96.0 Å². The molecule has 1 saturated heterocycles. The minimum absolute atomic E-state index is 0.295. The number of aliphatic hydroxyl groups is 3. The number of nitrogens with zero attached hydrogens (tertiary/aromatic N) is 1. The average Bonchev–Trinajstić information content (AvgIpc) is 3.03. The molecule has 2 aromatic heterocycles. The number of pyridine rings is 1. The summed E-state index contributed by atoms with van der Waals surface area (Å²) in [5.74, 6) is 0.788. The Labute approximate surface area is 131 Å². The van der Waals surface area contributed by atoms with Crippen LogP contribution >= 0.6 is 11.8 Å². The molecule has 0 radical (unpaired) electrons. The molecule has 0 unspecified atom stereocenters. The third-order valence-electron chi connectivity index (χ3n) is 3.49. The number of aromatic nitrogens is 1. The molecule has 3 rings (SSSR count). The third-order valence-corrected chi connectivity index (χ3v) is 4.73. The Hall–Kier alpha value is -1.54. The van der Waals surface area contributed by atoms with Crippen molar-refractivity contribution >= 4 is 11.8 Å². The maximum Gasteiger partial charge on any atom is 0.173 e. The molecule has 0 aliphatic carbocycles. The number of hydrogen-bond donors (Lipinski definition) is 3. The van der Waals surface area contributed by atoms with E-state index in [2.05, 4.69) is 4.98 Å². The van der Waals surface area contributed by atoms with Crippen molar-refractivity contribution in [1.29, 1.82) is 0 Å². The van der Waals surface area contributed by atoms with Gasteiger partial charge in [-0.3, -0.25) is 0 Å². The van der Waals surface area contributed by atoms with Crippen molar-refractivity contribution in [2.75, 3.05) is 5.75 Å². The fraction of sp³-hybridized carbons (Fsp3) is 0.400. The van der Waals surface area contributed by atoms with Gasteiger partial charge in [-0.05, 0) is 25.1 Å². The molecule has 1 aliphatic heterocycles. The van der Waals surface area contributed by atoms with E-state index in [1.807, 2.05) is 13.0 Å². The molecule has 4 atom stereocenters. The van der Waals surface area contributed by atoms with E-state index in [-0.39, 0.29) is 0 Å². The van der Waals surface area contributed by atoms with Gasteiger partial charge in [-0.2, -0.15) is 0 Å². The van der Waals surface area contributed by atoms with Crippen molar-refractivity contribution in [3.63, 3.8) is 0 Å². The fourth-order valence-electron chi connectivity index (χ4n) is 2.25. The van der Waals surface area contributed by atoms with Gasteiger partial charge < -0.3 is 24.5 Å². The van der Waals surface area contributed by atoms with Crippen LogP contribution in [0.5, 0.6) is 5.75 Å². The Morgan fingerprint density at radius 1 is 1.23 bits per heavy atom. The number of ether oxygens (including phenoxy) is 1. The van der Waals surface area contributed by atoms with Crippen LogP contribution in [0, 0.1) is 6.92 Å². The summed E-state index contributed by atoms with van der Waals surface area (Å²) >= 11 is 1.25. The van der Waals surface area contributed by atoms with E-state index in [0.717, 1.165) is 11.3 Å². The second-order valence-corrected chi connectivity index (χ2v) is 6.31. The predicted molar refractivity (Wildman–Crippen MR) is 81.6 cm³/mol. The molecule has 3 N–H and O–H groups in total. The van der Waals surface area contributed by atoms with Gasteiger partial charge in [0.05, 0.1) is 18.6 Å². The van der Waals surface area contributed by atoms with E-state index < -0.39 is 23.7 Å². The van der Waals surface area contributed by atoms with Crippen LogP contribution in [0.15, 0.2) is 35.1 Å². The summed E-state index contributed by atoms with van der Waals surface area (Å²) < 4.78 is 10.9. The molecule has 0 bridgehead atoms. The molecule has 118 valence electrons. The predicted octanol–water partition coefficient (Wildman–Crippen LogP) is 1.18. The van der Waals surface area contributed by atoms with Crippen LogP contribution in [0.4, 0.5) is 0 Å². The Morgan fingerprint density at radius 3 is 2.77 bits per heavy atom. The smallest absolute Gasteiger partial charge is 0.173 e. The van der Waals surface area contributed by atoms with Crippen LogP contribution in [0.3, 0.4) is 0 Å². The zero-order chi connectivity index (χ0) is 15.7. The van der Waals surface area contributed by atoms with Gasteiger partial charge in [-0.1, -0.05) is 0 Å². The Bertz CT molecular complexity index is 633. The van der Waals surface area contributed by atoms with E-state index in [1.165, 1.54) is 11.8 Å². The summed E-state index contributed by atoms with van der Waals surface area (Å²) in [6.07, 6.45) is -0.232. The Balaban J connectivity index is 1.87. The second-order valence-electron chi connectivity index (χ2n) is 5.18.